The molecule has 0 bridgehead atoms. The van der Waals surface area contributed by atoms with Crippen LogP contribution in [-0.2, 0) is 14.3 Å². The number of hydrogen-bond acceptors (Lipinski definition) is 7. The number of ether oxygens (including phenoxy) is 2. The Kier molecular flexibility index (Phi) is 10.2. The lowest BCUT2D eigenvalue weighted by Crippen LogP contribution is -2.30. The van der Waals surface area contributed by atoms with Crippen molar-refractivity contribution in [3.8, 4) is 5.75 Å². The molecule has 0 aliphatic heterocycles. The molecule has 0 heterocycles. The summed E-state index contributed by atoms with van der Waals surface area (Å²) in [4.78, 5) is 28.0. The molecule has 158 valence electrons. The summed E-state index contributed by atoms with van der Waals surface area (Å²) >= 11 is 0. The molecule has 8 nitrogen and oxygen atoms in total. The van der Waals surface area contributed by atoms with Gasteiger partial charge in [-0.25, -0.2) is 4.79 Å². The molecule has 0 aromatic heterocycles. The highest BCUT2D eigenvalue weighted by atomic mass is 16.5. The average molecular weight is 402 g/mol. The van der Waals surface area contributed by atoms with Crippen LogP contribution in [0.4, 0.5) is 5.69 Å². The molecule has 0 spiro atoms. The van der Waals surface area contributed by atoms with Gasteiger partial charge in [-0.15, -0.1) is 0 Å². The van der Waals surface area contributed by atoms with Gasteiger partial charge in [0.1, 0.15) is 17.6 Å². The first-order valence-corrected chi connectivity index (χ1v) is 9.54. The van der Waals surface area contributed by atoms with Gasteiger partial charge in [0.25, 0.3) is 5.91 Å². The summed E-state index contributed by atoms with van der Waals surface area (Å²) in [5.74, 6) is -0.525. The van der Waals surface area contributed by atoms with Crippen molar-refractivity contribution in [2.24, 2.45) is 4.99 Å². The van der Waals surface area contributed by atoms with Gasteiger partial charge in [-0.1, -0.05) is 13.3 Å². The largest absolute Gasteiger partial charge is 0.493 e. The van der Waals surface area contributed by atoms with Gasteiger partial charge in [-0.05, 0) is 45.4 Å². The predicted octanol–water partition coefficient (Wildman–Crippen LogP) is 3.27. The molecule has 29 heavy (non-hydrogen) atoms. The average Bonchev–Trinajstić information content (AvgIpc) is 2.68. The Morgan fingerprint density at radius 1 is 1.31 bits per heavy atom. The van der Waals surface area contributed by atoms with E-state index in [0.29, 0.717) is 29.3 Å². The lowest BCUT2D eigenvalue weighted by Gasteiger charge is -2.16. The Morgan fingerprint density at radius 2 is 2.03 bits per heavy atom. The van der Waals surface area contributed by atoms with Crippen molar-refractivity contribution in [3.63, 3.8) is 0 Å². The number of hydrogen-bond donors (Lipinski definition) is 3. The van der Waals surface area contributed by atoms with Gasteiger partial charge in [-0.2, -0.15) is 0 Å². The highest BCUT2D eigenvalue weighted by Gasteiger charge is 2.16. The normalized spacial score (nSPS) is 12.4. The summed E-state index contributed by atoms with van der Waals surface area (Å²) < 4.78 is 10.3. The van der Waals surface area contributed by atoms with Crippen LogP contribution in [0.2, 0.25) is 0 Å². The van der Waals surface area contributed by atoms with E-state index in [0.717, 1.165) is 12.8 Å². The van der Waals surface area contributed by atoms with E-state index < -0.39 is 17.9 Å². The van der Waals surface area contributed by atoms with E-state index in [1.165, 1.54) is 13.2 Å². The van der Waals surface area contributed by atoms with Gasteiger partial charge < -0.3 is 20.1 Å². The minimum Gasteiger partial charge on any atom is -0.493 e. The smallest absolute Gasteiger partial charge is 0.327 e. The summed E-state index contributed by atoms with van der Waals surface area (Å²) in [6.07, 6.45) is 4.91. The van der Waals surface area contributed by atoms with E-state index in [-0.39, 0.29) is 5.84 Å². The van der Waals surface area contributed by atoms with Gasteiger partial charge in [0, 0.05) is 23.7 Å². The number of benzene rings is 1. The van der Waals surface area contributed by atoms with E-state index in [1.54, 1.807) is 38.3 Å². The lowest BCUT2D eigenvalue weighted by molar-refractivity contribution is -0.141. The van der Waals surface area contributed by atoms with Crippen LogP contribution in [0.1, 0.15) is 46.1 Å². The highest BCUT2D eigenvalue weighted by Crippen LogP contribution is 2.23. The molecule has 1 aromatic carbocycles. The van der Waals surface area contributed by atoms with E-state index in [9.17, 15) is 9.59 Å². The number of nitrogens with one attached hydrogen (secondary N) is 3. The summed E-state index contributed by atoms with van der Waals surface area (Å²) in [6, 6.07) is 4.49. The number of rotatable bonds is 10. The van der Waals surface area contributed by atoms with Crippen molar-refractivity contribution in [3.05, 3.63) is 35.5 Å². The predicted molar refractivity (Wildman–Crippen MR) is 115 cm³/mol. The second-order valence-electron chi connectivity index (χ2n) is 6.28. The van der Waals surface area contributed by atoms with Crippen molar-refractivity contribution in [1.29, 1.82) is 5.41 Å². The van der Waals surface area contributed by atoms with Crippen molar-refractivity contribution in [2.75, 3.05) is 19.0 Å². The zero-order valence-electron chi connectivity index (χ0n) is 17.7. The number of amidine groups is 1. The first kappa shape index (κ1) is 23.9. The number of nitrogens with zero attached hydrogens (tertiary/aromatic N) is 1. The summed E-state index contributed by atoms with van der Waals surface area (Å²) in [6.45, 7) is 7.67. The molecule has 1 unspecified atom stereocenters. The van der Waals surface area contributed by atoms with E-state index >= 15 is 0 Å². The minimum atomic E-state index is -0.568. The summed E-state index contributed by atoms with van der Waals surface area (Å²) in [5, 5.41) is 13.8. The highest BCUT2D eigenvalue weighted by molar-refractivity contribution is 6.11. The van der Waals surface area contributed by atoms with Crippen LogP contribution < -0.4 is 15.4 Å². The number of carbonyl (C=O) groups is 2. The Bertz CT molecular complexity index is 787. The van der Waals surface area contributed by atoms with Crippen LogP contribution in [0.25, 0.3) is 0 Å². The number of esters is 1. The van der Waals surface area contributed by atoms with Crippen molar-refractivity contribution in [2.45, 2.75) is 46.6 Å². The number of amides is 1. The molecule has 3 N–H and O–H groups in total. The minimum absolute atomic E-state index is 0.116. The molecule has 1 amide bonds. The van der Waals surface area contributed by atoms with Crippen LogP contribution in [0.15, 0.2) is 35.0 Å². The molecule has 0 fully saturated rings. The third kappa shape index (κ3) is 8.16. The fourth-order valence-corrected chi connectivity index (χ4v) is 2.37. The zero-order valence-corrected chi connectivity index (χ0v) is 17.7. The van der Waals surface area contributed by atoms with Gasteiger partial charge in [0.15, 0.2) is 0 Å². The van der Waals surface area contributed by atoms with Crippen LogP contribution in [0, 0.1) is 5.41 Å². The molecule has 0 radical (unpaired) electrons. The van der Waals surface area contributed by atoms with E-state index in [4.69, 9.17) is 14.9 Å². The third-order valence-corrected chi connectivity index (χ3v) is 3.79. The first-order chi connectivity index (χ1) is 13.8. The fraction of sp³-hybridized carbons (Fsp3) is 0.429. The zero-order chi connectivity index (χ0) is 21.8. The molecular weight excluding hydrogens is 372 g/mol. The number of carbonyl (C=O) groups excluding carboxylic acids is 2. The maximum atomic E-state index is 12.2. The first-order valence-electron chi connectivity index (χ1n) is 9.54. The maximum absolute atomic E-state index is 12.2. The summed E-state index contributed by atoms with van der Waals surface area (Å²) in [7, 11) is 1.32. The number of aliphatic imine (C=N–C) groups is 1. The molecule has 0 saturated heterocycles. The lowest BCUT2D eigenvalue weighted by atomic mass is 10.1. The van der Waals surface area contributed by atoms with Gasteiger partial charge in [0.2, 0.25) is 0 Å². The van der Waals surface area contributed by atoms with Gasteiger partial charge in [0.05, 0.1) is 19.3 Å². The van der Waals surface area contributed by atoms with Crippen molar-refractivity contribution in [1.82, 2.24) is 5.32 Å². The quantitative estimate of drug-likeness (QED) is 0.241. The fourth-order valence-electron chi connectivity index (χ4n) is 2.37. The Morgan fingerprint density at radius 3 is 2.66 bits per heavy atom. The number of unbranched alkanes of at least 4 members (excludes halogenated alkanes) is 1. The molecule has 0 saturated carbocycles. The Balaban J connectivity index is 2.99. The topological polar surface area (TPSA) is 113 Å². The van der Waals surface area contributed by atoms with Crippen LogP contribution >= 0.6 is 0 Å². The maximum Gasteiger partial charge on any atom is 0.327 e. The molecule has 1 rings (SSSR count). The molecule has 8 heteroatoms. The molecule has 0 aliphatic rings. The second kappa shape index (κ2) is 12.3. The number of methoxy groups -OCH3 is 1. The Hall–Kier alpha value is -3.16. The SMILES string of the molecule is CCCC=N/C(C)=C/C(=O)NC(=N)c1cc(NC(C)C(=O)OC)ccc1OCC. The molecule has 0 aliphatic carbocycles. The number of anilines is 1. The molecular formula is C21H30N4O4. The van der Waals surface area contributed by atoms with Crippen molar-refractivity contribution < 1.29 is 19.1 Å². The molecule has 1 aromatic rings. The Labute approximate surface area is 171 Å². The monoisotopic (exact) mass is 402 g/mol. The van der Waals surface area contributed by atoms with Gasteiger partial charge >= 0.3 is 5.97 Å². The van der Waals surface area contributed by atoms with E-state index in [1.807, 2.05) is 13.8 Å². The van der Waals surface area contributed by atoms with Crippen molar-refractivity contribution >= 4 is 29.6 Å². The second-order valence-corrected chi connectivity index (χ2v) is 6.28. The van der Waals surface area contributed by atoms with Gasteiger partial charge in [-0.3, -0.25) is 15.2 Å². The standard InChI is InChI=1S/C21H30N4O4/c1-6-8-11-23-14(3)12-19(26)25-20(22)17-13-16(9-10-18(17)29-7-2)24-15(4)21(27)28-5/h9-13,15,24H,6-8H2,1-5H3,(H2,22,25,26)/b14-12+,23-11?. The number of allylic oxidation sites excluding steroid dienone is 1. The van der Waals surface area contributed by atoms with Crippen LogP contribution in [0.3, 0.4) is 0 Å². The van der Waals surface area contributed by atoms with Crippen LogP contribution in [-0.4, -0.2) is 43.7 Å². The van der Waals surface area contributed by atoms with E-state index in [2.05, 4.69) is 15.6 Å². The summed E-state index contributed by atoms with van der Waals surface area (Å²) in [5.41, 5.74) is 1.54. The third-order valence-electron chi connectivity index (χ3n) is 3.79. The van der Waals surface area contributed by atoms with Crippen LogP contribution in [0.5, 0.6) is 5.75 Å². The molecule has 1 atom stereocenters.